The molecule has 0 saturated carbocycles. The average molecular weight is 272 g/mol. The lowest BCUT2D eigenvalue weighted by Crippen LogP contribution is -2.28. The normalized spacial score (nSPS) is 20.0. The van der Waals surface area contributed by atoms with Crippen molar-refractivity contribution in [1.82, 2.24) is 4.98 Å². The van der Waals surface area contributed by atoms with Crippen LogP contribution < -0.4 is 5.56 Å². The number of aromatic amines is 1. The highest BCUT2D eigenvalue weighted by Gasteiger charge is 2.19. The topological polar surface area (TPSA) is 42.1 Å². The van der Waals surface area contributed by atoms with Gasteiger partial charge in [-0.05, 0) is 18.1 Å². The molecule has 0 fully saturated rings. The third-order valence-corrected chi connectivity index (χ3v) is 3.47. The first-order valence-corrected chi connectivity index (χ1v) is 6.28. The van der Waals surface area contributed by atoms with E-state index >= 15 is 0 Å². The van der Waals surface area contributed by atoms with E-state index < -0.39 is 0 Å². The molecular formula is C11H14BrNO2. The van der Waals surface area contributed by atoms with E-state index in [1.807, 2.05) is 13.0 Å². The summed E-state index contributed by atoms with van der Waals surface area (Å²) in [6.45, 7) is 2.59. The molecule has 0 radical (unpaired) electrons. The van der Waals surface area contributed by atoms with Crippen LogP contribution in [0.25, 0.3) is 0 Å². The van der Waals surface area contributed by atoms with Crippen LogP contribution in [0, 0.1) is 0 Å². The molecule has 82 valence electrons. The van der Waals surface area contributed by atoms with Crippen LogP contribution in [0.3, 0.4) is 0 Å². The summed E-state index contributed by atoms with van der Waals surface area (Å²) in [4.78, 5) is 14.6. The third kappa shape index (κ3) is 2.16. The van der Waals surface area contributed by atoms with Gasteiger partial charge in [-0.3, -0.25) is 4.79 Å². The number of halogens is 1. The van der Waals surface area contributed by atoms with Gasteiger partial charge in [0, 0.05) is 23.0 Å². The lowest BCUT2D eigenvalue weighted by Gasteiger charge is -2.23. The van der Waals surface area contributed by atoms with Gasteiger partial charge >= 0.3 is 0 Å². The van der Waals surface area contributed by atoms with Crippen molar-refractivity contribution in [2.24, 2.45) is 0 Å². The first kappa shape index (κ1) is 10.9. The van der Waals surface area contributed by atoms with Gasteiger partial charge in [-0.25, -0.2) is 0 Å². The number of H-pyrrole nitrogens is 1. The third-order valence-electron chi connectivity index (χ3n) is 2.75. The summed E-state index contributed by atoms with van der Waals surface area (Å²) in [6.07, 6.45) is 1.74. The van der Waals surface area contributed by atoms with Crippen molar-refractivity contribution >= 4 is 15.9 Å². The SMILES string of the molecule is CCc1cc2c([nH]c1=O)CC(CBr)OC2. The van der Waals surface area contributed by atoms with E-state index in [9.17, 15) is 4.79 Å². The molecule has 15 heavy (non-hydrogen) atoms. The second kappa shape index (κ2) is 4.49. The smallest absolute Gasteiger partial charge is 0.251 e. The lowest BCUT2D eigenvalue weighted by atomic mass is 10.0. The van der Waals surface area contributed by atoms with Gasteiger partial charge < -0.3 is 9.72 Å². The van der Waals surface area contributed by atoms with E-state index in [4.69, 9.17) is 4.74 Å². The zero-order chi connectivity index (χ0) is 10.8. The van der Waals surface area contributed by atoms with Crippen LogP contribution in [0.4, 0.5) is 0 Å². The maximum absolute atomic E-state index is 11.6. The lowest BCUT2D eigenvalue weighted by molar-refractivity contribution is 0.0433. The molecule has 1 aromatic rings. The molecule has 1 N–H and O–H groups in total. The summed E-state index contributed by atoms with van der Waals surface area (Å²) in [6, 6.07) is 1.97. The van der Waals surface area contributed by atoms with Crippen LogP contribution in [0.15, 0.2) is 10.9 Å². The number of rotatable bonds is 2. The Labute approximate surface area is 97.0 Å². The Morgan fingerprint density at radius 1 is 1.67 bits per heavy atom. The van der Waals surface area contributed by atoms with Crippen LogP contribution in [0.2, 0.25) is 0 Å². The van der Waals surface area contributed by atoms with Gasteiger partial charge in [-0.1, -0.05) is 22.9 Å². The Hall–Kier alpha value is -0.610. The summed E-state index contributed by atoms with van der Waals surface area (Å²) >= 11 is 3.39. The van der Waals surface area contributed by atoms with Gasteiger partial charge in [0.05, 0.1) is 12.7 Å². The van der Waals surface area contributed by atoms with Gasteiger partial charge in [0.2, 0.25) is 0 Å². The molecule has 1 aliphatic heterocycles. The predicted octanol–water partition coefficient (Wildman–Crippen LogP) is 1.77. The zero-order valence-corrected chi connectivity index (χ0v) is 10.3. The number of hydrogen-bond donors (Lipinski definition) is 1. The zero-order valence-electron chi connectivity index (χ0n) is 8.68. The summed E-state index contributed by atoms with van der Waals surface area (Å²) in [5, 5.41) is 0.810. The van der Waals surface area contributed by atoms with E-state index in [2.05, 4.69) is 20.9 Å². The van der Waals surface area contributed by atoms with E-state index in [1.165, 1.54) is 0 Å². The van der Waals surface area contributed by atoms with Crippen molar-refractivity contribution in [3.05, 3.63) is 33.2 Å². The number of alkyl halides is 1. The monoisotopic (exact) mass is 271 g/mol. The molecule has 0 bridgehead atoms. The van der Waals surface area contributed by atoms with Gasteiger partial charge in [0.15, 0.2) is 0 Å². The van der Waals surface area contributed by atoms with Crippen molar-refractivity contribution < 1.29 is 4.74 Å². The molecule has 1 atom stereocenters. The fourth-order valence-electron chi connectivity index (χ4n) is 1.83. The van der Waals surface area contributed by atoms with Gasteiger partial charge in [0.1, 0.15) is 0 Å². The average Bonchev–Trinajstić information content (AvgIpc) is 2.27. The summed E-state index contributed by atoms with van der Waals surface area (Å²) in [5.41, 5.74) is 3.05. The number of nitrogens with one attached hydrogen (secondary N) is 1. The quantitative estimate of drug-likeness (QED) is 0.834. The minimum absolute atomic E-state index is 0.0477. The minimum atomic E-state index is 0.0477. The molecule has 0 aliphatic carbocycles. The van der Waals surface area contributed by atoms with Gasteiger partial charge in [0.25, 0.3) is 5.56 Å². The maximum atomic E-state index is 11.6. The molecule has 1 aliphatic rings. The number of ether oxygens (including phenoxy) is 1. The summed E-state index contributed by atoms with van der Waals surface area (Å²) in [7, 11) is 0. The molecule has 3 nitrogen and oxygen atoms in total. The number of pyridine rings is 1. The van der Waals surface area contributed by atoms with Crippen molar-refractivity contribution in [2.75, 3.05) is 5.33 Å². The fraction of sp³-hybridized carbons (Fsp3) is 0.545. The Bertz CT molecular complexity index is 414. The van der Waals surface area contributed by atoms with Crippen LogP contribution in [-0.2, 0) is 24.2 Å². The predicted molar refractivity (Wildman–Crippen MR) is 62.5 cm³/mol. The Morgan fingerprint density at radius 3 is 3.13 bits per heavy atom. The van der Waals surface area contributed by atoms with Crippen LogP contribution in [0.5, 0.6) is 0 Å². The molecule has 0 aromatic carbocycles. The standard InChI is InChI=1S/C11H14BrNO2/c1-2-7-3-8-6-15-9(5-12)4-10(8)13-11(7)14/h3,9H,2,4-6H2,1H3,(H,13,14). The molecule has 2 heterocycles. The molecule has 0 saturated heterocycles. The number of fused-ring (bicyclic) bond motifs is 1. The molecule has 0 spiro atoms. The highest BCUT2D eigenvalue weighted by Crippen LogP contribution is 2.19. The molecule has 1 aromatic heterocycles. The second-order valence-corrected chi connectivity index (χ2v) is 4.42. The molecule has 1 unspecified atom stereocenters. The first-order valence-electron chi connectivity index (χ1n) is 5.16. The first-order chi connectivity index (χ1) is 7.24. The summed E-state index contributed by atoms with van der Waals surface area (Å²) in [5.74, 6) is 0. The maximum Gasteiger partial charge on any atom is 0.251 e. The van der Waals surface area contributed by atoms with Crippen molar-refractivity contribution in [2.45, 2.75) is 32.5 Å². The van der Waals surface area contributed by atoms with E-state index in [-0.39, 0.29) is 11.7 Å². The number of hydrogen-bond acceptors (Lipinski definition) is 2. The minimum Gasteiger partial charge on any atom is -0.372 e. The highest BCUT2D eigenvalue weighted by atomic mass is 79.9. The van der Waals surface area contributed by atoms with Crippen LogP contribution in [0.1, 0.15) is 23.7 Å². The van der Waals surface area contributed by atoms with Crippen LogP contribution >= 0.6 is 15.9 Å². The molecular weight excluding hydrogens is 258 g/mol. The van der Waals surface area contributed by atoms with E-state index in [1.54, 1.807) is 0 Å². The Balaban J connectivity index is 2.36. The van der Waals surface area contributed by atoms with E-state index in [0.717, 1.165) is 35.0 Å². The number of aryl methyl sites for hydroxylation is 1. The van der Waals surface area contributed by atoms with Crippen molar-refractivity contribution in [1.29, 1.82) is 0 Å². The summed E-state index contributed by atoms with van der Waals surface area (Å²) < 4.78 is 5.62. The number of aromatic nitrogens is 1. The molecule has 0 amide bonds. The molecule has 2 rings (SSSR count). The second-order valence-electron chi connectivity index (χ2n) is 3.77. The Kier molecular flexibility index (Phi) is 3.26. The van der Waals surface area contributed by atoms with Gasteiger partial charge in [-0.2, -0.15) is 0 Å². The van der Waals surface area contributed by atoms with Crippen molar-refractivity contribution in [3.63, 3.8) is 0 Å². The highest BCUT2D eigenvalue weighted by molar-refractivity contribution is 9.09. The molecule has 4 heteroatoms. The van der Waals surface area contributed by atoms with Crippen LogP contribution in [-0.4, -0.2) is 16.4 Å². The Morgan fingerprint density at radius 2 is 2.47 bits per heavy atom. The largest absolute Gasteiger partial charge is 0.372 e. The fourth-order valence-corrected chi connectivity index (χ4v) is 2.24. The van der Waals surface area contributed by atoms with E-state index in [0.29, 0.717) is 6.61 Å². The van der Waals surface area contributed by atoms with Crippen molar-refractivity contribution in [3.8, 4) is 0 Å². The van der Waals surface area contributed by atoms with Gasteiger partial charge in [-0.15, -0.1) is 0 Å².